The van der Waals surface area contributed by atoms with Gasteiger partial charge in [-0.2, -0.15) is 0 Å². The van der Waals surface area contributed by atoms with Gasteiger partial charge in [-0.25, -0.2) is 4.79 Å². The van der Waals surface area contributed by atoms with Crippen LogP contribution in [0, 0.1) is 5.92 Å². The maximum Gasteiger partial charge on any atom is 0.338 e. The Labute approximate surface area is 170 Å². The molecule has 0 spiro atoms. The molecule has 2 aromatic rings. The highest BCUT2D eigenvalue weighted by molar-refractivity contribution is 6.00. The molecule has 0 aromatic heterocycles. The largest absolute Gasteiger partial charge is 0.493 e. The van der Waals surface area contributed by atoms with E-state index in [9.17, 15) is 14.4 Å². The van der Waals surface area contributed by atoms with Crippen LogP contribution in [0.4, 0.5) is 5.69 Å². The van der Waals surface area contributed by atoms with E-state index in [-0.39, 0.29) is 18.3 Å². The third-order valence-electron chi connectivity index (χ3n) is 4.58. The van der Waals surface area contributed by atoms with Gasteiger partial charge >= 0.3 is 5.97 Å². The van der Waals surface area contributed by atoms with Crippen LogP contribution in [0.2, 0.25) is 0 Å². The summed E-state index contributed by atoms with van der Waals surface area (Å²) in [7, 11) is 0. The van der Waals surface area contributed by atoms with Crippen molar-refractivity contribution < 1.29 is 23.9 Å². The summed E-state index contributed by atoms with van der Waals surface area (Å²) in [6, 6.07) is 13.4. The number of carbonyl (C=O) groups excluding carboxylic acids is 3. The maximum absolute atomic E-state index is 12.3. The van der Waals surface area contributed by atoms with Crippen LogP contribution in [-0.4, -0.2) is 37.4 Å². The van der Waals surface area contributed by atoms with Gasteiger partial charge in [-0.3, -0.25) is 9.59 Å². The van der Waals surface area contributed by atoms with Crippen LogP contribution in [0.1, 0.15) is 47.4 Å². The molecule has 0 aliphatic carbocycles. The number of ether oxygens (including phenoxy) is 2. The Balaban J connectivity index is 1.52. The van der Waals surface area contributed by atoms with Gasteiger partial charge < -0.3 is 14.4 Å². The van der Waals surface area contributed by atoms with E-state index in [4.69, 9.17) is 9.47 Å². The molecule has 0 saturated carbocycles. The first-order valence-electron chi connectivity index (χ1n) is 9.77. The van der Waals surface area contributed by atoms with E-state index >= 15 is 0 Å². The van der Waals surface area contributed by atoms with Gasteiger partial charge in [0.2, 0.25) is 5.91 Å². The van der Waals surface area contributed by atoms with E-state index in [1.54, 1.807) is 53.4 Å². The summed E-state index contributed by atoms with van der Waals surface area (Å²) in [6.45, 7) is 5.07. The molecule has 2 aromatic carbocycles. The van der Waals surface area contributed by atoms with E-state index in [0.717, 1.165) is 12.1 Å². The number of benzene rings is 2. The average molecular weight is 395 g/mol. The van der Waals surface area contributed by atoms with E-state index in [2.05, 4.69) is 13.8 Å². The third kappa shape index (κ3) is 5.44. The summed E-state index contributed by atoms with van der Waals surface area (Å²) in [5.41, 5.74) is 1.57. The minimum Gasteiger partial charge on any atom is -0.493 e. The lowest BCUT2D eigenvalue weighted by Crippen LogP contribution is -2.23. The number of ketones is 1. The van der Waals surface area contributed by atoms with Gasteiger partial charge in [0.05, 0.1) is 12.2 Å². The van der Waals surface area contributed by atoms with E-state index < -0.39 is 5.97 Å². The normalized spacial score (nSPS) is 13.6. The summed E-state index contributed by atoms with van der Waals surface area (Å²) < 4.78 is 10.7. The van der Waals surface area contributed by atoms with Crippen molar-refractivity contribution in [2.24, 2.45) is 5.92 Å². The molecule has 1 heterocycles. The molecule has 3 rings (SSSR count). The molecule has 6 heteroatoms. The summed E-state index contributed by atoms with van der Waals surface area (Å²) in [5, 5.41) is 0. The molecule has 0 bridgehead atoms. The molecular formula is C23H25NO5. The fourth-order valence-electron chi connectivity index (χ4n) is 3.00. The fourth-order valence-corrected chi connectivity index (χ4v) is 3.00. The summed E-state index contributed by atoms with van der Waals surface area (Å²) in [5.74, 6) is 0.333. The zero-order chi connectivity index (χ0) is 20.8. The molecular weight excluding hydrogens is 370 g/mol. The standard InChI is InChI=1S/C23H25NO5/c1-16(2)14-28-20-11-7-18(8-12-20)23(27)29-15-21(25)17-5-9-19(10-6-17)24-13-3-4-22(24)26/h5-12,16H,3-4,13-15H2,1-2H3. The Hall–Kier alpha value is -3.15. The second-order valence-corrected chi connectivity index (χ2v) is 7.42. The molecule has 0 unspecified atom stereocenters. The van der Waals surface area contributed by atoms with Gasteiger partial charge in [0, 0.05) is 24.2 Å². The molecule has 1 amide bonds. The Morgan fingerprint density at radius 1 is 1.00 bits per heavy atom. The van der Waals surface area contributed by atoms with Crippen LogP contribution in [0.5, 0.6) is 5.75 Å². The number of Topliss-reactive ketones (excluding diaryl/α,β-unsaturated/α-hetero) is 1. The fraction of sp³-hybridized carbons (Fsp3) is 0.348. The van der Waals surface area contributed by atoms with Crippen LogP contribution in [-0.2, 0) is 9.53 Å². The second-order valence-electron chi connectivity index (χ2n) is 7.42. The first kappa shape index (κ1) is 20.6. The predicted molar refractivity (Wildman–Crippen MR) is 109 cm³/mol. The SMILES string of the molecule is CC(C)COc1ccc(C(=O)OCC(=O)c2ccc(N3CCCC3=O)cc2)cc1. The number of esters is 1. The number of hydrogen-bond donors (Lipinski definition) is 0. The molecule has 1 aliphatic rings. The summed E-state index contributed by atoms with van der Waals surface area (Å²) >= 11 is 0. The van der Waals surface area contributed by atoms with Crippen molar-refractivity contribution in [2.45, 2.75) is 26.7 Å². The molecule has 152 valence electrons. The van der Waals surface area contributed by atoms with Crippen molar-refractivity contribution in [1.29, 1.82) is 0 Å². The van der Waals surface area contributed by atoms with Crippen LogP contribution in [0.3, 0.4) is 0 Å². The maximum atomic E-state index is 12.3. The van der Waals surface area contributed by atoms with Gasteiger partial charge in [0.15, 0.2) is 12.4 Å². The predicted octanol–water partition coefficient (Wildman–Crippen LogP) is 3.89. The molecule has 1 saturated heterocycles. The van der Waals surface area contributed by atoms with Gasteiger partial charge in [0.1, 0.15) is 5.75 Å². The van der Waals surface area contributed by atoms with Gasteiger partial charge in [0.25, 0.3) is 0 Å². The number of anilines is 1. The Kier molecular flexibility index (Phi) is 6.65. The highest BCUT2D eigenvalue weighted by Gasteiger charge is 2.21. The van der Waals surface area contributed by atoms with Gasteiger partial charge in [-0.1, -0.05) is 13.8 Å². The zero-order valence-corrected chi connectivity index (χ0v) is 16.7. The molecule has 29 heavy (non-hydrogen) atoms. The Bertz CT molecular complexity index is 871. The first-order valence-corrected chi connectivity index (χ1v) is 9.77. The monoisotopic (exact) mass is 395 g/mol. The summed E-state index contributed by atoms with van der Waals surface area (Å²) in [4.78, 5) is 38.0. The zero-order valence-electron chi connectivity index (χ0n) is 16.7. The third-order valence-corrected chi connectivity index (χ3v) is 4.58. The lowest BCUT2D eigenvalue weighted by molar-refractivity contribution is -0.117. The van der Waals surface area contributed by atoms with Crippen molar-refractivity contribution in [2.75, 3.05) is 24.7 Å². The second kappa shape index (κ2) is 9.37. The van der Waals surface area contributed by atoms with Crippen molar-refractivity contribution in [1.82, 2.24) is 0 Å². The number of carbonyl (C=O) groups is 3. The van der Waals surface area contributed by atoms with Crippen molar-refractivity contribution in [3.05, 3.63) is 59.7 Å². The minimum absolute atomic E-state index is 0.0960. The van der Waals surface area contributed by atoms with Crippen LogP contribution in [0.25, 0.3) is 0 Å². The first-order chi connectivity index (χ1) is 13.9. The smallest absolute Gasteiger partial charge is 0.338 e. The van der Waals surface area contributed by atoms with Crippen molar-refractivity contribution in [3.8, 4) is 5.75 Å². The molecule has 0 atom stereocenters. The average Bonchev–Trinajstić information content (AvgIpc) is 3.16. The van der Waals surface area contributed by atoms with Gasteiger partial charge in [-0.05, 0) is 60.9 Å². The Morgan fingerprint density at radius 2 is 1.66 bits per heavy atom. The number of hydrogen-bond acceptors (Lipinski definition) is 5. The summed E-state index contributed by atoms with van der Waals surface area (Å²) in [6.07, 6.45) is 1.40. The van der Waals surface area contributed by atoms with Crippen molar-refractivity contribution >= 4 is 23.3 Å². The molecule has 1 aliphatic heterocycles. The van der Waals surface area contributed by atoms with Crippen LogP contribution < -0.4 is 9.64 Å². The van der Waals surface area contributed by atoms with Crippen LogP contribution >= 0.6 is 0 Å². The molecule has 6 nitrogen and oxygen atoms in total. The lowest BCUT2D eigenvalue weighted by Gasteiger charge is -2.15. The van der Waals surface area contributed by atoms with Crippen molar-refractivity contribution in [3.63, 3.8) is 0 Å². The number of nitrogens with zero attached hydrogens (tertiary/aromatic N) is 1. The van der Waals surface area contributed by atoms with Crippen LogP contribution in [0.15, 0.2) is 48.5 Å². The highest BCUT2D eigenvalue weighted by Crippen LogP contribution is 2.22. The quantitative estimate of drug-likeness (QED) is 0.501. The highest BCUT2D eigenvalue weighted by atomic mass is 16.5. The van der Waals surface area contributed by atoms with E-state index in [0.29, 0.717) is 42.4 Å². The topological polar surface area (TPSA) is 72.9 Å². The van der Waals surface area contributed by atoms with Gasteiger partial charge in [-0.15, -0.1) is 0 Å². The molecule has 0 N–H and O–H groups in total. The van der Waals surface area contributed by atoms with E-state index in [1.807, 2.05) is 0 Å². The Morgan fingerprint density at radius 3 is 2.24 bits per heavy atom. The molecule has 0 radical (unpaired) electrons. The lowest BCUT2D eigenvalue weighted by atomic mass is 10.1. The molecule has 1 fully saturated rings. The minimum atomic E-state index is -0.562. The number of amides is 1. The van der Waals surface area contributed by atoms with E-state index in [1.165, 1.54) is 0 Å². The number of rotatable bonds is 8.